The Morgan fingerprint density at radius 2 is 1.54 bits per heavy atom. The van der Waals surface area contributed by atoms with Crippen LogP contribution in [0.2, 0.25) is 0 Å². The van der Waals surface area contributed by atoms with Crippen LogP contribution in [0.4, 0.5) is 0 Å². The van der Waals surface area contributed by atoms with Gasteiger partial charge in [0.15, 0.2) is 0 Å². The molecule has 76 valence electrons. The van der Waals surface area contributed by atoms with Gasteiger partial charge in [0.1, 0.15) is 11.1 Å². The third-order valence-electron chi connectivity index (χ3n) is 3.58. The number of carbonyl (C=O) groups is 1. The van der Waals surface area contributed by atoms with Crippen LogP contribution in [-0.2, 0) is 4.79 Å². The summed E-state index contributed by atoms with van der Waals surface area (Å²) in [6.07, 6.45) is 3.55. The summed E-state index contributed by atoms with van der Waals surface area (Å²) in [5.74, 6) is 0. The van der Waals surface area contributed by atoms with E-state index in [1.54, 1.807) is 0 Å². The Bertz CT molecular complexity index is 205. The van der Waals surface area contributed by atoms with Gasteiger partial charge in [-0.1, -0.05) is 0 Å². The van der Waals surface area contributed by atoms with Crippen LogP contribution in [0.3, 0.4) is 0 Å². The predicted octanol–water partition coefficient (Wildman–Crippen LogP) is 2.09. The number of hydrogen-bond donors (Lipinski definition) is 1. The number of carbonyl (C=O) groups excluding carboxylic acids is 1. The summed E-state index contributed by atoms with van der Waals surface area (Å²) in [7, 11) is 0. The summed E-state index contributed by atoms with van der Waals surface area (Å²) in [4.78, 5) is 11.0. The molecule has 0 aromatic carbocycles. The van der Waals surface area contributed by atoms with Gasteiger partial charge in [-0.15, -0.1) is 4.65 Å². The van der Waals surface area contributed by atoms with E-state index in [4.69, 9.17) is 0 Å². The maximum atomic E-state index is 11.0. The molecule has 1 saturated heterocycles. The minimum Gasteiger partial charge on any atom is -0.230 e. The summed E-state index contributed by atoms with van der Waals surface area (Å²) in [6.45, 7) is 7.79. The van der Waals surface area contributed by atoms with Gasteiger partial charge in [-0.25, -0.2) is 10.0 Å². The largest absolute Gasteiger partial charge is 0.334 e. The molecule has 1 aliphatic heterocycles. The zero-order chi connectivity index (χ0) is 10.3. The second-order valence-electron chi connectivity index (χ2n) is 5.27. The molecule has 1 aliphatic rings. The maximum absolute atomic E-state index is 11.0. The maximum Gasteiger partial charge on any atom is 0.334 e. The first-order valence-corrected chi connectivity index (χ1v) is 4.85. The number of amides is 1. The molecule has 0 aliphatic carbocycles. The molecule has 3 nitrogen and oxygen atoms in total. The molecule has 0 saturated carbocycles. The van der Waals surface area contributed by atoms with Crippen LogP contribution >= 0.6 is 0 Å². The summed E-state index contributed by atoms with van der Waals surface area (Å²) < 4.78 is -0.458. The van der Waals surface area contributed by atoms with Gasteiger partial charge in [0.05, 0.1) is 0 Å². The van der Waals surface area contributed by atoms with Crippen molar-refractivity contribution >= 4 is 6.41 Å². The van der Waals surface area contributed by atoms with Crippen molar-refractivity contribution < 1.29 is 14.6 Å². The molecule has 1 amide bonds. The average Bonchev–Trinajstić information content (AvgIpc) is 1.99. The minimum absolute atomic E-state index is 0.358. The predicted molar refractivity (Wildman–Crippen MR) is 50.1 cm³/mol. The van der Waals surface area contributed by atoms with Crippen LogP contribution in [0.1, 0.15) is 47.0 Å². The fourth-order valence-corrected chi connectivity index (χ4v) is 2.40. The van der Waals surface area contributed by atoms with Crippen LogP contribution in [0.15, 0.2) is 0 Å². The molecule has 1 rings (SSSR count). The highest BCUT2D eigenvalue weighted by Gasteiger charge is 2.57. The average molecular weight is 186 g/mol. The first-order chi connectivity index (χ1) is 5.77. The van der Waals surface area contributed by atoms with E-state index >= 15 is 0 Å². The van der Waals surface area contributed by atoms with Crippen LogP contribution in [0, 0.1) is 0 Å². The SMILES string of the molecule is CC1(C)CCCC(C)(C)[N+]1(O)C=O. The van der Waals surface area contributed by atoms with E-state index in [9.17, 15) is 10.0 Å². The molecular weight excluding hydrogens is 166 g/mol. The molecule has 1 heterocycles. The fraction of sp³-hybridized carbons (Fsp3) is 0.900. The van der Waals surface area contributed by atoms with Crippen LogP contribution in [0.25, 0.3) is 0 Å². The molecule has 1 N–H and O–H groups in total. The summed E-state index contributed by atoms with van der Waals surface area (Å²) in [5.41, 5.74) is -0.715. The number of piperidine rings is 1. The molecule has 0 aromatic rings. The lowest BCUT2D eigenvalue weighted by Gasteiger charge is -2.51. The van der Waals surface area contributed by atoms with E-state index in [0.717, 1.165) is 19.3 Å². The van der Waals surface area contributed by atoms with Gasteiger partial charge >= 0.3 is 6.41 Å². The van der Waals surface area contributed by atoms with Crippen LogP contribution < -0.4 is 0 Å². The molecular formula is C10H20NO2+. The lowest BCUT2D eigenvalue weighted by atomic mass is 9.79. The highest BCUT2D eigenvalue weighted by atomic mass is 16.6. The van der Waals surface area contributed by atoms with Crippen molar-refractivity contribution in [1.82, 2.24) is 0 Å². The Kier molecular flexibility index (Phi) is 2.29. The smallest absolute Gasteiger partial charge is 0.230 e. The van der Waals surface area contributed by atoms with Crippen molar-refractivity contribution in [1.29, 1.82) is 0 Å². The number of quaternary nitrogens is 1. The van der Waals surface area contributed by atoms with Crippen molar-refractivity contribution in [2.75, 3.05) is 0 Å². The second-order valence-corrected chi connectivity index (χ2v) is 5.27. The van der Waals surface area contributed by atoms with E-state index in [-0.39, 0.29) is 11.1 Å². The molecule has 0 aromatic heterocycles. The monoisotopic (exact) mass is 186 g/mol. The first-order valence-electron chi connectivity index (χ1n) is 4.85. The zero-order valence-corrected chi connectivity index (χ0v) is 9.00. The van der Waals surface area contributed by atoms with Gasteiger partial charge in [-0.3, -0.25) is 0 Å². The summed E-state index contributed by atoms with van der Waals surface area (Å²) in [6, 6.07) is 0. The standard InChI is InChI=1S/C10H20NO2/c1-9(2)6-5-7-10(3,4)11(9,13)8-12/h8,13H,5-7H2,1-4H3/q+1. The van der Waals surface area contributed by atoms with E-state index in [2.05, 4.69) is 0 Å². The lowest BCUT2D eigenvalue weighted by Crippen LogP contribution is -2.70. The number of nitrogens with zero attached hydrogens (tertiary/aromatic N) is 1. The van der Waals surface area contributed by atoms with Crippen LogP contribution in [-0.4, -0.2) is 27.3 Å². The fourth-order valence-electron chi connectivity index (χ4n) is 2.40. The normalized spacial score (nSPS) is 29.6. The highest BCUT2D eigenvalue weighted by molar-refractivity contribution is 5.38. The molecule has 0 radical (unpaired) electrons. The quantitative estimate of drug-likeness (QED) is 0.387. The number of likely N-dealkylation sites (tertiary alicyclic amines) is 1. The van der Waals surface area contributed by atoms with E-state index in [1.165, 1.54) is 0 Å². The molecule has 1 fully saturated rings. The van der Waals surface area contributed by atoms with Crippen molar-refractivity contribution in [3.63, 3.8) is 0 Å². The molecule has 3 heteroatoms. The Morgan fingerprint density at radius 3 is 1.77 bits per heavy atom. The number of hydroxylamine groups is 3. The topological polar surface area (TPSA) is 37.3 Å². The van der Waals surface area contributed by atoms with Gasteiger partial charge in [0.2, 0.25) is 0 Å². The van der Waals surface area contributed by atoms with Crippen molar-refractivity contribution in [2.45, 2.75) is 58.0 Å². The Morgan fingerprint density at radius 1 is 1.15 bits per heavy atom. The van der Waals surface area contributed by atoms with Gasteiger partial charge in [-0.05, 0) is 34.1 Å². The van der Waals surface area contributed by atoms with Gasteiger partial charge < -0.3 is 0 Å². The second kappa shape index (κ2) is 2.79. The lowest BCUT2D eigenvalue weighted by molar-refractivity contribution is -1.11. The molecule has 13 heavy (non-hydrogen) atoms. The van der Waals surface area contributed by atoms with Gasteiger partial charge in [-0.2, -0.15) is 0 Å². The zero-order valence-electron chi connectivity index (χ0n) is 9.00. The summed E-state index contributed by atoms with van der Waals surface area (Å²) >= 11 is 0. The molecule has 0 bridgehead atoms. The first kappa shape index (κ1) is 10.7. The van der Waals surface area contributed by atoms with Crippen LogP contribution in [0.5, 0.6) is 0 Å². The van der Waals surface area contributed by atoms with Gasteiger partial charge in [0, 0.05) is 12.8 Å². The Labute approximate surface area is 79.9 Å². The van der Waals surface area contributed by atoms with E-state index in [1.807, 2.05) is 27.7 Å². The van der Waals surface area contributed by atoms with Gasteiger partial charge in [0.25, 0.3) is 0 Å². The summed E-state index contributed by atoms with van der Waals surface area (Å²) in [5, 5.41) is 10.3. The Hall–Kier alpha value is -0.410. The van der Waals surface area contributed by atoms with E-state index in [0.29, 0.717) is 6.41 Å². The van der Waals surface area contributed by atoms with E-state index < -0.39 is 4.65 Å². The highest BCUT2D eigenvalue weighted by Crippen LogP contribution is 2.42. The van der Waals surface area contributed by atoms with Crippen molar-refractivity contribution in [3.05, 3.63) is 0 Å². The number of hydrogen-bond acceptors (Lipinski definition) is 2. The molecule has 0 spiro atoms. The minimum atomic E-state index is -0.458. The molecule has 0 unspecified atom stereocenters. The van der Waals surface area contributed by atoms with Crippen molar-refractivity contribution in [3.8, 4) is 0 Å². The number of rotatable bonds is 1. The molecule has 0 atom stereocenters. The Balaban J connectivity index is 3.12. The van der Waals surface area contributed by atoms with Crippen molar-refractivity contribution in [2.24, 2.45) is 0 Å². The third-order valence-corrected chi connectivity index (χ3v) is 3.58. The third kappa shape index (κ3) is 1.30.